The Morgan fingerprint density at radius 2 is 1.85 bits per heavy atom. The van der Waals surface area contributed by atoms with Crippen LogP contribution < -0.4 is 10.2 Å². The molecule has 0 saturated carbocycles. The van der Waals surface area contributed by atoms with E-state index < -0.39 is 0 Å². The molecule has 20 heavy (non-hydrogen) atoms. The molecule has 0 aromatic carbocycles. The fourth-order valence-corrected chi connectivity index (χ4v) is 2.15. The van der Waals surface area contributed by atoms with Crippen LogP contribution in [0.1, 0.15) is 33.6 Å². The third-order valence-electron chi connectivity index (χ3n) is 3.86. The van der Waals surface area contributed by atoms with Crippen LogP contribution in [-0.4, -0.2) is 46.8 Å². The average molecular weight is 300 g/mol. The first-order valence-corrected chi connectivity index (χ1v) is 7.46. The Kier molecular flexibility index (Phi) is 4.99. The molecular formula is C13H22ClN5O. The van der Waals surface area contributed by atoms with E-state index in [0.29, 0.717) is 25.1 Å². The molecule has 1 fully saturated rings. The Morgan fingerprint density at radius 1 is 1.20 bits per heavy atom. The summed E-state index contributed by atoms with van der Waals surface area (Å²) in [6.07, 6.45) is 1.97. The molecule has 0 bridgehead atoms. The zero-order chi connectivity index (χ0) is 14.6. The number of anilines is 2. The van der Waals surface area contributed by atoms with Gasteiger partial charge in [-0.05, 0) is 31.4 Å². The summed E-state index contributed by atoms with van der Waals surface area (Å²) in [6.45, 7) is 9.36. The zero-order valence-corrected chi connectivity index (χ0v) is 13.1. The number of hydrogen-bond donors (Lipinski definition) is 1. The number of hydrogen-bond acceptors (Lipinski definition) is 6. The summed E-state index contributed by atoms with van der Waals surface area (Å²) in [5.74, 6) is 1.16. The fraction of sp³-hybridized carbons (Fsp3) is 0.769. The Labute approximate surface area is 124 Å². The predicted molar refractivity (Wildman–Crippen MR) is 80.5 cm³/mol. The van der Waals surface area contributed by atoms with Gasteiger partial charge in [0.25, 0.3) is 0 Å². The molecule has 2 heterocycles. The van der Waals surface area contributed by atoms with Crippen molar-refractivity contribution in [2.45, 2.75) is 39.2 Å². The van der Waals surface area contributed by atoms with Gasteiger partial charge in [-0.25, -0.2) is 0 Å². The topological polar surface area (TPSA) is 63.2 Å². The molecule has 6 nitrogen and oxygen atoms in total. The van der Waals surface area contributed by atoms with Gasteiger partial charge in [0.1, 0.15) is 0 Å². The van der Waals surface area contributed by atoms with Crippen molar-refractivity contribution in [2.24, 2.45) is 0 Å². The number of rotatable bonds is 5. The molecule has 7 heteroatoms. The largest absolute Gasteiger partial charge is 0.378 e. The van der Waals surface area contributed by atoms with E-state index in [4.69, 9.17) is 16.3 Å². The molecule has 0 aliphatic carbocycles. The van der Waals surface area contributed by atoms with Crippen molar-refractivity contribution >= 4 is 23.5 Å². The molecule has 1 aliphatic heterocycles. The normalized spacial score (nSPS) is 16.3. The van der Waals surface area contributed by atoms with Crippen molar-refractivity contribution in [3.63, 3.8) is 0 Å². The third kappa shape index (κ3) is 3.70. The van der Waals surface area contributed by atoms with Gasteiger partial charge >= 0.3 is 0 Å². The van der Waals surface area contributed by atoms with Crippen LogP contribution in [0.4, 0.5) is 11.9 Å². The van der Waals surface area contributed by atoms with Crippen molar-refractivity contribution in [1.29, 1.82) is 0 Å². The number of halogens is 1. The highest BCUT2D eigenvalue weighted by Gasteiger charge is 2.22. The molecule has 1 aromatic heterocycles. The summed E-state index contributed by atoms with van der Waals surface area (Å²) in [4.78, 5) is 15.0. The van der Waals surface area contributed by atoms with Gasteiger partial charge < -0.3 is 15.0 Å². The average Bonchev–Trinajstić information content (AvgIpc) is 2.47. The van der Waals surface area contributed by atoms with Crippen LogP contribution in [0, 0.1) is 0 Å². The quantitative estimate of drug-likeness (QED) is 0.900. The van der Waals surface area contributed by atoms with Gasteiger partial charge in [-0.15, -0.1) is 0 Å². The highest BCUT2D eigenvalue weighted by atomic mass is 35.5. The smallest absolute Gasteiger partial charge is 0.231 e. The highest BCUT2D eigenvalue weighted by molar-refractivity contribution is 6.28. The molecule has 0 spiro atoms. The molecule has 2 rings (SSSR count). The van der Waals surface area contributed by atoms with Crippen LogP contribution >= 0.6 is 11.6 Å². The standard InChI is InChI=1S/C13H22ClN5O/c1-4-13(3,5-2)18-11-15-10(14)16-12(17-11)19-6-8-20-9-7-19/h4-9H2,1-3H3,(H,15,16,17,18). The number of ether oxygens (including phenoxy) is 1. The lowest BCUT2D eigenvalue weighted by molar-refractivity contribution is 0.122. The van der Waals surface area contributed by atoms with Crippen molar-refractivity contribution in [3.05, 3.63) is 5.28 Å². The second-order valence-corrected chi connectivity index (χ2v) is 5.56. The molecule has 0 atom stereocenters. The summed E-state index contributed by atoms with van der Waals surface area (Å²) in [7, 11) is 0. The maximum atomic E-state index is 6.02. The number of nitrogens with zero attached hydrogens (tertiary/aromatic N) is 4. The predicted octanol–water partition coefficient (Wildman–Crippen LogP) is 2.35. The van der Waals surface area contributed by atoms with Gasteiger partial charge in [-0.1, -0.05) is 13.8 Å². The maximum Gasteiger partial charge on any atom is 0.231 e. The summed E-state index contributed by atoms with van der Waals surface area (Å²) in [5.41, 5.74) is -0.0348. The molecular weight excluding hydrogens is 278 g/mol. The maximum absolute atomic E-state index is 6.02. The molecule has 1 aliphatic rings. The van der Waals surface area contributed by atoms with E-state index in [0.717, 1.165) is 25.9 Å². The minimum Gasteiger partial charge on any atom is -0.378 e. The van der Waals surface area contributed by atoms with Crippen molar-refractivity contribution in [1.82, 2.24) is 15.0 Å². The minimum atomic E-state index is -0.0348. The Balaban J connectivity index is 2.19. The molecule has 1 saturated heterocycles. The molecule has 0 amide bonds. The number of aromatic nitrogens is 3. The van der Waals surface area contributed by atoms with Crippen LogP contribution in [-0.2, 0) is 4.74 Å². The van der Waals surface area contributed by atoms with E-state index in [1.54, 1.807) is 0 Å². The second kappa shape index (κ2) is 6.54. The van der Waals surface area contributed by atoms with Crippen molar-refractivity contribution in [2.75, 3.05) is 36.5 Å². The molecule has 112 valence electrons. The highest BCUT2D eigenvalue weighted by Crippen LogP contribution is 2.21. The van der Waals surface area contributed by atoms with E-state index in [-0.39, 0.29) is 10.8 Å². The summed E-state index contributed by atoms with van der Waals surface area (Å²) >= 11 is 6.02. The fourth-order valence-electron chi connectivity index (χ4n) is 2.00. The second-order valence-electron chi connectivity index (χ2n) is 5.22. The first-order valence-electron chi connectivity index (χ1n) is 7.09. The van der Waals surface area contributed by atoms with Crippen molar-refractivity contribution < 1.29 is 4.74 Å². The van der Waals surface area contributed by atoms with Gasteiger partial charge in [0, 0.05) is 18.6 Å². The zero-order valence-electron chi connectivity index (χ0n) is 12.3. The molecule has 1 aromatic rings. The van der Waals surface area contributed by atoms with Crippen LogP contribution in [0.15, 0.2) is 0 Å². The van der Waals surface area contributed by atoms with Gasteiger partial charge in [0.15, 0.2) is 0 Å². The van der Waals surface area contributed by atoms with E-state index in [1.165, 1.54) is 0 Å². The first kappa shape index (κ1) is 15.3. The Hall–Kier alpha value is -1.14. The van der Waals surface area contributed by atoms with Crippen molar-refractivity contribution in [3.8, 4) is 0 Å². The molecule has 0 unspecified atom stereocenters. The monoisotopic (exact) mass is 299 g/mol. The summed E-state index contributed by atoms with van der Waals surface area (Å²) in [6, 6.07) is 0. The van der Waals surface area contributed by atoms with Gasteiger partial charge in [-0.2, -0.15) is 15.0 Å². The Bertz CT molecular complexity index is 446. The SMILES string of the molecule is CCC(C)(CC)Nc1nc(Cl)nc(N2CCOCC2)n1. The third-order valence-corrected chi connectivity index (χ3v) is 4.03. The van der Waals surface area contributed by atoms with Crippen LogP contribution in [0.5, 0.6) is 0 Å². The lowest BCUT2D eigenvalue weighted by Gasteiger charge is -2.30. The van der Waals surface area contributed by atoms with E-state index in [1.807, 2.05) is 0 Å². The van der Waals surface area contributed by atoms with E-state index >= 15 is 0 Å². The lowest BCUT2D eigenvalue weighted by atomic mass is 9.96. The van der Waals surface area contributed by atoms with Crippen LogP contribution in [0.2, 0.25) is 5.28 Å². The minimum absolute atomic E-state index is 0.0348. The van der Waals surface area contributed by atoms with Crippen LogP contribution in [0.25, 0.3) is 0 Å². The molecule has 1 N–H and O–H groups in total. The molecule has 0 radical (unpaired) electrons. The van der Waals surface area contributed by atoms with E-state index in [9.17, 15) is 0 Å². The van der Waals surface area contributed by atoms with Gasteiger partial charge in [-0.3, -0.25) is 0 Å². The number of nitrogens with one attached hydrogen (secondary N) is 1. The summed E-state index contributed by atoms with van der Waals surface area (Å²) < 4.78 is 5.34. The van der Waals surface area contributed by atoms with Gasteiger partial charge in [0.2, 0.25) is 17.2 Å². The lowest BCUT2D eigenvalue weighted by Crippen LogP contribution is -2.38. The van der Waals surface area contributed by atoms with Gasteiger partial charge in [0.05, 0.1) is 13.2 Å². The Morgan fingerprint density at radius 3 is 2.45 bits per heavy atom. The summed E-state index contributed by atoms with van der Waals surface area (Å²) in [5, 5.41) is 3.59. The van der Waals surface area contributed by atoms with E-state index in [2.05, 4.69) is 45.9 Å². The number of morpholine rings is 1. The first-order chi connectivity index (χ1) is 9.56. The van der Waals surface area contributed by atoms with Crippen LogP contribution in [0.3, 0.4) is 0 Å².